The lowest BCUT2D eigenvalue weighted by Crippen LogP contribution is -2.43. The van der Waals surface area contributed by atoms with E-state index < -0.39 is 6.09 Å². The molecular formula is C33H32ClN3O4S. The van der Waals surface area contributed by atoms with Crippen LogP contribution in [0.15, 0.2) is 66.7 Å². The summed E-state index contributed by atoms with van der Waals surface area (Å²) in [6, 6.07) is 23.3. The lowest BCUT2D eigenvalue weighted by Gasteiger charge is -2.37. The number of ether oxygens (including phenoxy) is 1. The first kappa shape index (κ1) is 29.4. The summed E-state index contributed by atoms with van der Waals surface area (Å²) in [5.41, 5.74) is 3.42. The van der Waals surface area contributed by atoms with E-state index in [4.69, 9.17) is 21.4 Å². The van der Waals surface area contributed by atoms with E-state index in [1.165, 1.54) is 11.3 Å². The number of amides is 2. The fourth-order valence-corrected chi connectivity index (χ4v) is 7.11. The third kappa shape index (κ3) is 6.53. The van der Waals surface area contributed by atoms with E-state index in [1.807, 2.05) is 60.4 Å². The van der Waals surface area contributed by atoms with Crippen molar-refractivity contribution in [3.05, 3.63) is 87.8 Å². The summed E-state index contributed by atoms with van der Waals surface area (Å²) in [5.74, 6) is 0.843. The molecule has 3 aromatic carbocycles. The van der Waals surface area contributed by atoms with Crippen molar-refractivity contribution in [3.63, 3.8) is 0 Å². The van der Waals surface area contributed by atoms with Crippen molar-refractivity contribution < 1.29 is 19.4 Å². The Morgan fingerprint density at radius 2 is 1.79 bits per heavy atom. The van der Waals surface area contributed by atoms with Crippen LogP contribution >= 0.6 is 22.9 Å². The van der Waals surface area contributed by atoms with E-state index in [9.17, 15) is 14.9 Å². The zero-order valence-electron chi connectivity index (χ0n) is 23.3. The van der Waals surface area contributed by atoms with Gasteiger partial charge in [0.25, 0.3) is 5.91 Å². The molecule has 42 heavy (non-hydrogen) atoms. The second kappa shape index (κ2) is 13.3. The molecule has 0 unspecified atom stereocenters. The van der Waals surface area contributed by atoms with Crippen LogP contribution in [0.25, 0.3) is 21.2 Å². The highest BCUT2D eigenvalue weighted by atomic mass is 35.5. The van der Waals surface area contributed by atoms with Crippen LogP contribution in [0.2, 0.25) is 5.02 Å². The average Bonchev–Trinajstić information content (AvgIpc) is 3.36. The maximum absolute atomic E-state index is 14.3. The average molecular weight is 602 g/mol. The van der Waals surface area contributed by atoms with Crippen molar-refractivity contribution in [2.75, 3.05) is 13.2 Å². The molecule has 1 aliphatic carbocycles. The highest BCUT2D eigenvalue weighted by Crippen LogP contribution is 2.39. The molecule has 1 heterocycles. The predicted octanol–water partition coefficient (Wildman–Crippen LogP) is 7.96. The Labute approximate surface area is 254 Å². The number of benzene rings is 3. The smallest absolute Gasteiger partial charge is 0.404 e. The van der Waals surface area contributed by atoms with Gasteiger partial charge in [-0.1, -0.05) is 48.0 Å². The minimum Gasteiger partial charge on any atom is -0.494 e. The number of nitrogens with one attached hydrogen (secondary N) is 1. The van der Waals surface area contributed by atoms with Gasteiger partial charge in [0.1, 0.15) is 10.6 Å². The van der Waals surface area contributed by atoms with E-state index in [1.54, 1.807) is 12.1 Å². The van der Waals surface area contributed by atoms with Gasteiger partial charge in [-0.25, -0.2) is 4.79 Å². The number of hydrogen-bond acceptors (Lipinski definition) is 5. The zero-order chi connectivity index (χ0) is 29.6. The number of nitriles is 1. The van der Waals surface area contributed by atoms with E-state index >= 15 is 0 Å². The molecule has 7 nitrogen and oxygen atoms in total. The summed E-state index contributed by atoms with van der Waals surface area (Å²) in [6.45, 7) is 3.18. The second-order valence-electron chi connectivity index (χ2n) is 10.5. The first-order valence-corrected chi connectivity index (χ1v) is 15.3. The zero-order valence-corrected chi connectivity index (χ0v) is 24.9. The topological polar surface area (TPSA) is 103 Å². The van der Waals surface area contributed by atoms with E-state index in [2.05, 4.69) is 17.5 Å². The van der Waals surface area contributed by atoms with Gasteiger partial charge in [0.15, 0.2) is 0 Å². The highest BCUT2D eigenvalue weighted by molar-refractivity contribution is 7.21. The normalized spacial score (nSPS) is 16.5. The maximum Gasteiger partial charge on any atom is 0.404 e. The number of halogens is 1. The summed E-state index contributed by atoms with van der Waals surface area (Å²) in [5, 5.41) is 22.1. The number of carbonyl (C=O) groups is 2. The lowest BCUT2D eigenvalue weighted by atomic mass is 9.85. The number of nitrogens with zero attached hydrogens (tertiary/aromatic N) is 2. The monoisotopic (exact) mass is 601 g/mol. The molecule has 1 aromatic heterocycles. The fraction of sp³-hybridized carbons (Fsp3) is 0.303. The number of thiophene rings is 1. The summed E-state index contributed by atoms with van der Waals surface area (Å²) >= 11 is 8.20. The van der Waals surface area contributed by atoms with Gasteiger partial charge >= 0.3 is 6.09 Å². The number of fused-ring (bicyclic) bond motifs is 1. The summed E-state index contributed by atoms with van der Waals surface area (Å²) in [4.78, 5) is 27.8. The molecule has 0 aliphatic heterocycles. The first-order chi connectivity index (χ1) is 20.4. The van der Waals surface area contributed by atoms with Gasteiger partial charge in [-0.05, 0) is 80.0 Å². The second-order valence-corrected chi connectivity index (χ2v) is 11.9. The molecule has 0 radical (unpaired) electrons. The van der Waals surface area contributed by atoms with Crippen LogP contribution in [0, 0.1) is 17.2 Å². The molecule has 0 saturated heterocycles. The number of carbonyl (C=O) groups excluding carboxylic acids is 1. The van der Waals surface area contributed by atoms with Crippen LogP contribution in [0.1, 0.15) is 53.4 Å². The van der Waals surface area contributed by atoms with Crippen molar-refractivity contribution >= 4 is 45.0 Å². The Bertz CT molecular complexity index is 1620. The summed E-state index contributed by atoms with van der Waals surface area (Å²) in [6.07, 6.45) is 2.15. The van der Waals surface area contributed by atoms with Gasteiger partial charge in [0.2, 0.25) is 0 Å². The summed E-state index contributed by atoms with van der Waals surface area (Å²) < 4.78 is 6.98. The van der Waals surface area contributed by atoms with Gasteiger partial charge in [-0.3, -0.25) is 4.79 Å². The standard InChI is InChI=1S/C33H32ClN3O4S/c1-2-41-28-16-13-24(23-11-7-21(18-35)8-12-23)17-25(28)20-37(26-14-9-22(10-15-26)19-36-33(39)40)32(38)31-30(34)27-5-3-4-6-29(27)42-31/h3-8,11-13,16-17,22,26,36H,2,9-10,14-15,19-20H2,1H3,(H,39,40). The quantitative estimate of drug-likeness (QED) is 0.203. The Balaban J connectivity index is 1.49. The van der Waals surface area contributed by atoms with Crippen molar-refractivity contribution in [2.45, 2.75) is 45.2 Å². The number of rotatable bonds is 9. The molecule has 216 valence electrons. The van der Waals surface area contributed by atoms with Crippen LogP contribution in [-0.2, 0) is 6.54 Å². The Hall–Kier alpha value is -4.06. The molecule has 2 N–H and O–H groups in total. The molecule has 9 heteroatoms. The Morgan fingerprint density at radius 1 is 1.07 bits per heavy atom. The molecule has 0 bridgehead atoms. The third-order valence-corrected chi connectivity index (χ3v) is 9.50. The molecule has 1 fully saturated rings. The largest absolute Gasteiger partial charge is 0.494 e. The fourth-order valence-electron chi connectivity index (χ4n) is 5.64. The predicted molar refractivity (Wildman–Crippen MR) is 166 cm³/mol. The summed E-state index contributed by atoms with van der Waals surface area (Å²) in [7, 11) is 0. The van der Waals surface area contributed by atoms with Crippen LogP contribution in [-0.4, -0.2) is 41.2 Å². The molecule has 1 aliphatic rings. The number of hydrogen-bond donors (Lipinski definition) is 2. The SMILES string of the molecule is CCOc1ccc(-c2ccc(C#N)cc2)cc1CN(C(=O)c1sc2ccccc2c1Cl)C1CCC(CNC(=O)O)CC1. The maximum atomic E-state index is 14.3. The molecule has 2 amide bonds. The van der Waals surface area contributed by atoms with Gasteiger partial charge in [0.05, 0.1) is 23.3 Å². The van der Waals surface area contributed by atoms with Gasteiger partial charge in [-0.2, -0.15) is 5.26 Å². The van der Waals surface area contributed by atoms with Crippen LogP contribution in [0.3, 0.4) is 0 Å². The van der Waals surface area contributed by atoms with Crippen molar-refractivity contribution in [3.8, 4) is 22.9 Å². The van der Waals surface area contributed by atoms with Crippen molar-refractivity contribution in [1.82, 2.24) is 10.2 Å². The minimum absolute atomic E-state index is 0.0344. The van der Waals surface area contributed by atoms with E-state index in [-0.39, 0.29) is 17.9 Å². The van der Waals surface area contributed by atoms with Crippen LogP contribution in [0.5, 0.6) is 5.75 Å². The molecule has 4 aromatic rings. The Morgan fingerprint density at radius 3 is 2.45 bits per heavy atom. The lowest BCUT2D eigenvalue weighted by molar-refractivity contribution is 0.0592. The highest BCUT2D eigenvalue weighted by Gasteiger charge is 2.32. The Kier molecular flexibility index (Phi) is 9.31. The van der Waals surface area contributed by atoms with Crippen LogP contribution < -0.4 is 10.1 Å². The molecule has 0 spiro atoms. The van der Waals surface area contributed by atoms with E-state index in [0.717, 1.165) is 58.2 Å². The molecular weight excluding hydrogens is 570 g/mol. The molecule has 5 rings (SSSR count). The third-order valence-electron chi connectivity index (χ3n) is 7.84. The number of carboxylic acid groups (broad SMARTS) is 1. The first-order valence-electron chi connectivity index (χ1n) is 14.1. The van der Waals surface area contributed by atoms with Crippen LogP contribution in [0.4, 0.5) is 4.79 Å². The van der Waals surface area contributed by atoms with Gasteiger partial charge in [-0.15, -0.1) is 11.3 Å². The molecule has 0 atom stereocenters. The van der Waals surface area contributed by atoms with Crippen molar-refractivity contribution in [1.29, 1.82) is 5.26 Å². The van der Waals surface area contributed by atoms with Gasteiger partial charge < -0.3 is 20.1 Å². The molecule has 1 saturated carbocycles. The minimum atomic E-state index is -1.01. The van der Waals surface area contributed by atoms with Crippen molar-refractivity contribution in [2.24, 2.45) is 5.92 Å². The van der Waals surface area contributed by atoms with Gasteiger partial charge in [0, 0.05) is 34.8 Å². The van der Waals surface area contributed by atoms with E-state index in [0.29, 0.717) is 35.2 Å².